The molecule has 11 heteroatoms. The van der Waals surface area contributed by atoms with Crippen LogP contribution in [0.2, 0.25) is 5.02 Å². The predicted octanol–water partition coefficient (Wildman–Crippen LogP) is 3.69. The summed E-state index contributed by atoms with van der Waals surface area (Å²) in [5, 5.41) is 24.0. The number of H-pyrrole nitrogens is 1. The first-order chi connectivity index (χ1) is 15.2. The molecule has 2 aromatic carbocycles. The molecule has 0 saturated heterocycles. The van der Waals surface area contributed by atoms with Crippen molar-refractivity contribution in [2.75, 3.05) is 5.32 Å². The summed E-state index contributed by atoms with van der Waals surface area (Å²) in [5.41, 5.74) is 2.94. The van der Waals surface area contributed by atoms with Gasteiger partial charge in [0.05, 0.1) is 7.05 Å². The summed E-state index contributed by atoms with van der Waals surface area (Å²) in [4.78, 5) is 14.6. The fourth-order valence-corrected chi connectivity index (χ4v) is 3.26. The highest BCUT2D eigenvalue weighted by atomic mass is 35.5. The van der Waals surface area contributed by atoms with Crippen LogP contribution in [0.5, 0.6) is 0 Å². The number of aromatic nitrogens is 8. The molecule has 152 valence electrons. The van der Waals surface area contributed by atoms with E-state index in [9.17, 15) is 0 Å². The van der Waals surface area contributed by atoms with Gasteiger partial charge in [0.2, 0.25) is 5.82 Å². The number of aryl methyl sites for hydroxylation is 1. The van der Waals surface area contributed by atoms with Gasteiger partial charge in [-0.3, -0.25) is 5.10 Å². The second-order valence-corrected chi connectivity index (χ2v) is 7.01. The Hall–Kier alpha value is -4.18. The van der Waals surface area contributed by atoms with Crippen molar-refractivity contribution in [3.8, 4) is 11.4 Å². The summed E-state index contributed by atoms with van der Waals surface area (Å²) in [6, 6.07) is 15.0. The molecule has 0 radical (unpaired) electrons. The minimum absolute atomic E-state index is 0.496. The van der Waals surface area contributed by atoms with Gasteiger partial charge in [0.25, 0.3) is 0 Å². The number of aliphatic imine (C=N–C) groups is 1. The molecule has 0 fully saturated rings. The fraction of sp³-hybridized carbons (Fsp3) is 0.0500. The smallest absolute Gasteiger partial charge is 0.205 e. The van der Waals surface area contributed by atoms with Crippen LogP contribution in [0, 0.1) is 0 Å². The number of halogens is 1. The Morgan fingerprint density at radius 3 is 2.87 bits per heavy atom. The molecule has 0 aliphatic heterocycles. The van der Waals surface area contributed by atoms with E-state index in [0.29, 0.717) is 33.5 Å². The van der Waals surface area contributed by atoms with Crippen LogP contribution >= 0.6 is 11.6 Å². The average molecular weight is 431 g/mol. The number of fused-ring (bicyclic) bond motifs is 1. The van der Waals surface area contributed by atoms with Crippen molar-refractivity contribution >= 4 is 46.2 Å². The summed E-state index contributed by atoms with van der Waals surface area (Å²) >= 11 is 6.09. The van der Waals surface area contributed by atoms with Crippen molar-refractivity contribution in [1.82, 2.24) is 40.4 Å². The standard InChI is InChI=1S/C20H15ClN10/c1-31-29-17(28-30-31)15-8-3-2-5-12(15)10-22-19-16-18(23-11-24-20(16)27-26-19)25-14-7-4-6-13(21)9-14/h2-11H,1H3,(H2,23,24,25,26,27). The summed E-state index contributed by atoms with van der Waals surface area (Å²) in [5.74, 6) is 1.60. The van der Waals surface area contributed by atoms with Crippen LogP contribution in [0.15, 0.2) is 59.9 Å². The van der Waals surface area contributed by atoms with Crippen molar-refractivity contribution < 1.29 is 0 Å². The van der Waals surface area contributed by atoms with Gasteiger partial charge in [-0.05, 0) is 23.4 Å². The average Bonchev–Trinajstić information content (AvgIpc) is 3.39. The number of hydrogen-bond acceptors (Lipinski definition) is 8. The van der Waals surface area contributed by atoms with Crippen LogP contribution < -0.4 is 5.32 Å². The SMILES string of the molecule is Cn1nnc(-c2ccccc2C=Nc2[nH]nc3ncnc(Nc4cccc(Cl)c4)c23)n1. The monoisotopic (exact) mass is 430 g/mol. The van der Waals surface area contributed by atoms with Crippen LogP contribution in [0.1, 0.15) is 5.56 Å². The Bertz CT molecular complexity index is 1400. The molecule has 5 rings (SSSR count). The molecule has 3 heterocycles. The summed E-state index contributed by atoms with van der Waals surface area (Å²) in [7, 11) is 1.72. The van der Waals surface area contributed by atoms with Gasteiger partial charge in [0, 0.05) is 28.1 Å². The third kappa shape index (κ3) is 3.83. The molecule has 10 nitrogen and oxygen atoms in total. The molecule has 31 heavy (non-hydrogen) atoms. The molecule has 0 atom stereocenters. The van der Waals surface area contributed by atoms with Gasteiger partial charge in [-0.25, -0.2) is 15.0 Å². The first-order valence-electron chi connectivity index (χ1n) is 9.26. The molecule has 0 saturated carbocycles. The Balaban J connectivity index is 1.53. The molecule has 0 aliphatic carbocycles. The van der Waals surface area contributed by atoms with Crippen LogP contribution in [0.25, 0.3) is 22.4 Å². The van der Waals surface area contributed by atoms with Gasteiger partial charge in [0.15, 0.2) is 11.5 Å². The number of anilines is 2. The second-order valence-electron chi connectivity index (χ2n) is 6.58. The maximum absolute atomic E-state index is 6.09. The fourth-order valence-electron chi connectivity index (χ4n) is 3.07. The number of benzene rings is 2. The van der Waals surface area contributed by atoms with Gasteiger partial charge >= 0.3 is 0 Å². The molecule has 5 aromatic rings. The Morgan fingerprint density at radius 2 is 2.03 bits per heavy atom. The normalized spacial score (nSPS) is 11.4. The number of nitrogens with zero attached hydrogens (tertiary/aromatic N) is 8. The quantitative estimate of drug-likeness (QED) is 0.407. The van der Waals surface area contributed by atoms with Gasteiger partial charge in [-0.2, -0.15) is 9.90 Å². The van der Waals surface area contributed by atoms with Crippen LogP contribution in [0.3, 0.4) is 0 Å². The van der Waals surface area contributed by atoms with Crippen molar-refractivity contribution in [2.45, 2.75) is 0 Å². The largest absolute Gasteiger partial charge is 0.339 e. The predicted molar refractivity (Wildman–Crippen MR) is 118 cm³/mol. The van der Waals surface area contributed by atoms with E-state index >= 15 is 0 Å². The number of hydrogen-bond donors (Lipinski definition) is 2. The maximum atomic E-state index is 6.09. The third-order valence-corrected chi connectivity index (χ3v) is 4.70. The number of aromatic amines is 1. The summed E-state index contributed by atoms with van der Waals surface area (Å²) in [6.07, 6.45) is 3.16. The molecule has 0 bridgehead atoms. The van der Waals surface area contributed by atoms with E-state index < -0.39 is 0 Å². The third-order valence-electron chi connectivity index (χ3n) is 4.46. The van der Waals surface area contributed by atoms with Gasteiger partial charge in [-0.15, -0.1) is 10.2 Å². The topological polar surface area (TPSA) is 122 Å². The lowest BCUT2D eigenvalue weighted by molar-refractivity contribution is 0.630. The van der Waals surface area contributed by atoms with Gasteiger partial charge in [-0.1, -0.05) is 41.9 Å². The lowest BCUT2D eigenvalue weighted by Gasteiger charge is -2.06. The molecule has 0 aliphatic rings. The molecular weight excluding hydrogens is 416 g/mol. The molecule has 0 unspecified atom stereocenters. The lowest BCUT2D eigenvalue weighted by Crippen LogP contribution is -1.95. The van der Waals surface area contributed by atoms with E-state index in [-0.39, 0.29) is 0 Å². The highest BCUT2D eigenvalue weighted by Crippen LogP contribution is 2.30. The van der Waals surface area contributed by atoms with Gasteiger partial charge in [0.1, 0.15) is 17.5 Å². The minimum Gasteiger partial charge on any atom is -0.339 e. The van der Waals surface area contributed by atoms with E-state index in [1.54, 1.807) is 19.3 Å². The zero-order valence-corrected chi connectivity index (χ0v) is 17.0. The lowest BCUT2D eigenvalue weighted by atomic mass is 10.1. The zero-order chi connectivity index (χ0) is 21.2. The van der Waals surface area contributed by atoms with Crippen molar-refractivity contribution in [3.63, 3.8) is 0 Å². The molecular formula is C20H15ClN10. The second kappa shape index (κ2) is 7.92. The van der Waals surface area contributed by atoms with Crippen LogP contribution in [-0.4, -0.2) is 46.6 Å². The Kier molecular flexibility index (Phi) is 4.81. The van der Waals surface area contributed by atoms with E-state index in [1.807, 2.05) is 42.5 Å². The number of tetrazole rings is 1. The van der Waals surface area contributed by atoms with Crippen molar-refractivity contribution in [1.29, 1.82) is 0 Å². The first kappa shape index (κ1) is 18.8. The summed E-state index contributed by atoms with van der Waals surface area (Å²) in [6.45, 7) is 0. The maximum Gasteiger partial charge on any atom is 0.205 e. The zero-order valence-electron chi connectivity index (χ0n) is 16.2. The Labute approximate surface area is 181 Å². The number of rotatable bonds is 5. The van der Waals surface area contributed by atoms with Crippen molar-refractivity contribution in [3.05, 3.63) is 65.4 Å². The van der Waals surface area contributed by atoms with Crippen molar-refractivity contribution in [2.24, 2.45) is 12.0 Å². The van der Waals surface area contributed by atoms with Gasteiger partial charge < -0.3 is 5.32 Å². The van der Waals surface area contributed by atoms with Crippen LogP contribution in [0.4, 0.5) is 17.3 Å². The highest BCUT2D eigenvalue weighted by Gasteiger charge is 2.13. The summed E-state index contributed by atoms with van der Waals surface area (Å²) < 4.78 is 0. The van der Waals surface area contributed by atoms with E-state index in [0.717, 1.165) is 16.8 Å². The molecule has 2 N–H and O–H groups in total. The molecule has 0 spiro atoms. The number of nitrogens with one attached hydrogen (secondary N) is 2. The van der Waals surface area contributed by atoms with Crippen LogP contribution in [-0.2, 0) is 7.05 Å². The van der Waals surface area contributed by atoms with E-state index in [2.05, 4.69) is 45.9 Å². The Morgan fingerprint density at radius 1 is 1.13 bits per heavy atom. The first-order valence-corrected chi connectivity index (χ1v) is 9.64. The minimum atomic E-state index is 0.496. The molecule has 3 aromatic heterocycles. The molecule has 0 amide bonds. The van der Waals surface area contributed by atoms with E-state index in [1.165, 1.54) is 11.1 Å². The highest BCUT2D eigenvalue weighted by molar-refractivity contribution is 6.30. The van der Waals surface area contributed by atoms with E-state index in [4.69, 9.17) is 11.6 Å².